The number of benzene rings is 2. The van der Waals surface area contributed by atoms with E-state index in [9.17, 15) is 13.6 Å². The van der Waals surface area contributed by atoms with E-state index >= 15 is 0 Å². The van der Waals surface area contributed by atoms with Gasteiger partial charge in [-0.05, 0) is 42.8 Å². The molecule has 2 aromatic carbocycles. The highest BCUT2D eigenvalue weighted by atomic mass is 19.1. The first-order chi connectivity index (χ1) is 10.5. The predicted octanol–water partition coefficient (Wildman–Crippen LogP) is 3.60. The Kier molecular flexibility index (Phi) is 5.22. The molecule has 1 N–H and O–H groups in total. The smallest absolute Gasteiger partial charge is 0.251 e. The molecule has 0 aliphatic carbocycles. The third-order valence-corrected chi connectivity index (χ3v) is 3.27. The van der Waals surface area contributed by atoms with Crippen LogP contribution in [0.4, 0.5) is 8.78 Å². The van der Waals surface area contributed by atoms with Gasteiger partial charge in [0, 0.05) is 18.2 Å². The summed E-state index contributed by atoms with van der Waals surface area (Å²) < 4.78 is 31.9. The monoisotopic (exact) mass is 305 g/mol. The first kappa shape index (κ1) is 16.1. The molecule has 0 fully saturated rings. The molecule has 2 rings (SSSR count). The number of amides is 1. The zero-order valence-corrected chi connectivity index (χ0v) is 12.4. The summed E-state index contributed by atoms with van der Waals surface area (Å²) in [6, 6.07) is 9.48. The summed E-state index contributed by atoms with van der Waals surface area (Å²) in [6.45, 7) is 2.00. The molecular weight excluding hydrogens is 288 g/mol. The van der Waals surface area contributed by atoms with Gasteiger partial charge in [0.15, 0.2) is 0 Å². The molecule has 3 nitrogen and oxygen atoms in total. The van der Waals surface area contributed by atoms with E-state index in [2.05, 4.69) is 5.32 Å². The first-order valence-electron chi connectivity index (χ1n) is 6.85. The molecule has 0 heterocycles. The van der Waals surface area contributed by atoms with E-state index in [-0.39, 0.29) is 11.5 Å². The van der Waals surface area contributed by atoms with E-state index in [0.717, 1.165) is 23.8 Å². The topological polar surface area (TPSA) is 38.3 Å². The number of rotatable bonds is 5. The van der Waals surface area contributed by atoms with E-state index in [1.54, 1.807) is 32.2 Å². The summed E-state index contributed by atoms with van der Waals surface area (Å²) in [7, 11) is 1.57. The standard InChI is InChI=1S/C17H17F2NO2/c1-11(15-9-14(18)6-7-16(15)19)20-17(21)13-5-3-4-12(8-13)10-22-2/h3-9,11H,10H2,1-2H3,(H,20,21). The van der Waals surface area contributed by atoms with E-state index in [1.165, 1.54) is 0 Å². The van der Waals surface area contributed by atoms with Crippen LogP contribution >= 0.6 is 0 Å². The Bertz CT molecular complexity index is 673. The fourth-order valence-electron chi connectivity index (χ4n) is 2.17. The molecule has 0 bridgehead atoms. The van der Waals surface area contributed by atoms with Crippen LogP contribution in [0, 0.1) is 11.6 Å². The van der Waals surface area contributed by atoms with Crippen molar-refractivity contribution < 1.29 is 18.3 Å². The molecule has 5 heteroatoms. The molecule has 0 aliphatic heterocycles. The molecule has 0 radical (unpaired) electrons. The quantitative estimate of drug-likeness (QED) is 0.916. The van der Waals surface area contributed by atoms with Crippen molar-refractivity contribution in [3.63, 3.8) is 0 Å². The number of hydrogen-bond donors (Lipinski definition) is 1. The summed E-state index contributed by atoms with van der Waals surface area (Å²) in [5, 5.41) is 2.66. The lowest BCUT2D eigenvalue weighted by atomic mass is 10.1. The third-order valence-electron chi connectivity index (χ3n) is 3.27. The van der Waals surface area contributed by atoms with Gasteiger partial charge in [-0.25, -0.2) is 8.78 Å². The van der Waals surface area contributed by atoms with Crippen LogP contribution in [0.2, 0.25) is 0 Å². The number of nitrogens with one attached hydrogen (secondary N) is 1. The maximum Gasteiger partial charge on any atom is 0.251 e. The Morgan fingerprint density at radius 3 is 2.73 bits per heavy atom. The molecule has 1 amide bonds. The van der Waals surface area contributed by atoms with Gasteiger partial charge in [0.05, 0.1) is 12.6 Å². The number of methoxy groups -OCH3 is 1. The van der Waals surface area contributed by atoms with Crippen LogP contribution in [0.15, 0.2) is 42.5 Å². The minimum atomic E-state index is -0.644. The molecule has 0 saturated carbocycles. The van der Waals surface area contributed by atoms with E-state index in [4.69, 9.17) is 4.74 Å². The van der Waals surface area contributed by atoms with E-state index < -0.39 is 17.7 Å². The van der Waals surface area contributed by atoms with Gasteiger partial charge >= 0.3 is 0 Å². The van der Waals surface area contributed by atoms with Crippen LogP contribution < -0.4 is 5.32 Å². The fraction of sp³-hybridized carbons (Fsp3) is 0.235. The second kappa shape index (κ2) is 7.13. The van der Waals surface area contributed by atoms with Crippen LogP contribution in [0.3, 0.4) is 0 Å². The van der Waals surface area contributed by atoms with Gasteiger partial charge in [-0.1, -0.05) is 12.1 Å². The molecule has 0 aliphatic rings. The fourth-order valence-corrected chi connectivity index (χ4v) is 2.17. The summed E-state index contributed by atoms with van der Waals surface area (Å²) in [4.78, 5) is 12.2. The minimum absolute atomic E-state index is 0.112. The molecule has 0 saturated heterocycles. The van der Waals surface area contributed by atoms with Gasteiger partial charge in [0.1, 0.15) is 11.6 Å². The number of ether oxygens (including phenoxy) is 1. The Labute approximate surface area is 127 Å². The molecule has 116 valence electrons. The van der Waals surface area contributed by atoms with Gasteiger partial charge in [0.2, 0.25) is 0 Å². The molecule has 1 atom stereocenters. The van der Waals surface area contributed by atoms with Gasteiger partial charge in [-0.15, -0.1) is 0 Å². The number of halogens is 2. The van der Waals surface area contributed by atoms with Crippen LogP contribution in [-0.2, 0) is 11.3 Å². The predicted molar refractivity (Wildman–Crippen MR) is 79.4 cm³/mol. The lowest BCUT2D eigenvalue weighted by molar-refractivity contribution is 0.0939. The summed E-state index contributed by atoms with van der Waals surface area (Å²) in [5.74, 6) is -1.45. The lowest BCUT2D eigenvalue weighted by Crippen LogP contribution is -2.27. The van der Waals surface area contributed by atoms with Crippen molar-refractivity contribution in [1.29, 1.82) is 0 Å². The maximum atomic E-state index is 13.7. The Morgan fingerprint density at radius 2 is 2.00 bits per heavy atom. The molecular formula is C17H17F2NO2. The van der Waals surface area contributed by atoms with E-state index in [1.807, 2.05) is 6.07 Å². The number of carbonyl (C=O) groups is 1. The SMILES string of the molecule is COCc1cccc(C(=O)NC(C)c2cc(F)ccc2F)c1. The number of hydrogen-bond acceptors (Lipinski definition) is 2. The highest BCUT2D eigenvalue weighted by Gasteiger charge is 2.15. The minimum Gasteiger partial charge on any atom is -0.380 e. The zero-order valence-electron chi connectivity index (χ0n) is 12.4. The van der Waals surface area contributed by atoms with Crippen LogP contribution in [-0.4, -0.2) is 13.0 Å². The van der Waals surface area contributed by atoms with Crippen molar-refractivity contribution in [3.8, 4) is 0 Å². The third kappa shape index (κ3) is 3.89. The Morgan fingerprint density at radius 1 is 1.23 bits per heavy atom. The van der Waals surface area contributed by atoms with Crippen LogP contribution in [0.5, 0.6) is 0 Å². The lowest BCUT2D eigenvalue weighted by Gasteiger charge is -2.15. The maximum absolute atomic E-state index is 13.7. The Hall–Kier alpha value is -2.27. The van der Waals surface area contributed by atoms with Gasteiger partial charge in [-0.2, -0.15) is 0 Å². The average Bonchev–Trinajstić information content (AvgIpc) is 2.50. The summed E-state index contributed by atoms with van der Waals surface area (Å²) in [5.41, 5.74) is 1.42. The highest BCUT2D eigenvalue weighted by molar-refractivity contribution is 5.94. The van der Waals surface area contributed by atoms with Gasteiger partial charge in [0.25, 0.3) is 5.91 Å². The average molecular weight is 305 g/mol. The zero-order chi connectivity index (χ0) is 16.1. The van der Waals surface area contributed by atoms with Crippen LogP contribution in [0.25, 0.3) is 0 Å². The second-order valence-electron chi connectivity index (χ2n) is 4.99. The first-order valence-corrected chi connectivity index (χ1v) is 6.85. The van der Waals surface area contributed by atoms with Gasteiger partial charge < -0.3 is 10.1 Å². The molecule has 0 aromatic heterocycles. The van der Waals surface area contributed by atoms with Gasteiger partial charge in [-0.3, -0.25) is 4.79 Å². The van der Waals surface area contributed by atoms with Crippen molar-refractivity contribution in [2.75, 3.05) is 7.11 Å². The largest absolute Gasteiger partial charge is 0.380 e. The molecule has 0 spiro atoms. The van der Waals surface area contributed by atoms with E-state index in [0.29, 0.717) is 12.2 Å². The summed E-state index contributed by atoms with van der Waals surface area (Å²) in [6.07, 6.45) is 0. The van der Waals surface area contributed by atoms with Crippen LogP contribution in [0.1, 0.15) is 34.5 Å². The molecule has 22 heavy (non-hydrogen) atoms. The van der Waals surface area contributed by atoms with Crippen molar-refractivity contribution in [2.45, 2.75) is 19.6 Å². The van der Waals surface area contributed by atoms with Crippen molar-refractivity contribution in [2.24, 2.45) is 0 Å². The van der Waals surface area contributed by atoms with Crippen molar-refractivity contribution in [1.82, 2.24) is 5.32 Å². The Balaban J connectivity index is 2.14. The normalized spacial score (nSPS) is 12.0. The highest BCUT2D eigenvalue weighted by Crippen LogP contribution is 2.18. The van der Waals surface area contributed by atoms with Crippen molar-refractivity contribution in [3.05, 3.63) is 70.8 Å². The second-order valence-corrected chi connectivity index (χ2v) is 4.99. The summed E-state index contributed by atoms with van der Waals surface area (Å²) >= 11 is 0. The molecule has 1 unspecified atom stereocenters. The number of carbonyl (C=O) groups excluding carboxylic acids is 1. The van der Waals surface area contributed by atoms with Crippen molar-refractivity contribution >= 4 is 5.91 Å². The molecule has 2 aromatic rings.